The molecular weight excluding hydrogens is 200 g/mol. The smallest absolute Gasteiger partial charge is 0.252 e. The highest BCUT2D eigenvalue weighted by atomic mass is 16.9. The van der Waals surface area contributed by atoms with Gasteiger partial charge in [-0.05, 0) is 18.2 Å². The number of nitrogens with one attached hydrogen (secondary N) is 1. The van der Waals surface area contributed by atoms with Crippen molar-refractivity contribution < 1.29 is 15.2 Å². The summed E-state index contributed by atoms with van der Waals surface area (Å²) >= 11 is 0. The topological polar surface area (TPSA) is 101 Å². The van der Waals surface area contributed by atoms with E-state index < -0.39 is 5.09 Å². The second-order valence-electron chi connectivity index (χ2n) is 2.64. The van der Waals surface area contributed by atoms with E-state index in [2.05, 4.69) is 4.98 Å². The van der Waals surface area contributed by atoms with Crippen LogP contribution in [0.2, 0.25) is 0 Å². The van der Waals surface area contributed by atoms with Crippen molar-refractivity contribution in [3.05, 3.63) is 51.9 Å². The van der Waals surface area contributed by atoms with Crippen LogP contribution in [0.25, 0.3) is 10.9 Å². The second kappa shape index (κ2) is 4.75. The van der Waals surface area contributed by atoms with Crippen LogP contribution in [0.5, 0.6) is 5.75 Å². The van der Waals surface area contributed by atoms with E-state index in [0.29, 0.717) is 5.75 Å². The Hall–Kier alpha value is -2.37. The fraction of sp³-hybridized carbons (Fsp3) is 0. The van der Waals surface area contributed by atoms with E-state index in [1.807, 2.05) is 24.3 Å². The number of aromatic hydroxyl groups is 1. The van der Waals surface area contributed by atoms with Crippen LogP contribution in [0, 0.1) is 15.3 Å². The number of hydrogen-bond donors (Lipinski definition) is 1. The van der Waals surface area contributed by atoms with E-state index in [1.54, 1.807) is 12.3 Å². The minimum absolute atomic E-state index is 0.295. The van der Waals surface area contributed by atoms with Crippen LogP contribution in [0.15, 0.2) is 36.5 Å². The summed E-state index contributed by atoms with van der Waals surface area (Å²) in [4.78, 5) is 11.2. The monoisotopic (exact) mass is 208 g/mol. The predicted octanol–water partition coefficient (Wildman–Crippen LogP) is 1.12. The molecule has 0 amide bonds. The second-order valence-corrected chi connectivity index (χ2v) is 2.64. The number of nitrogens with zero attached hydrogens (tertiary/aromatic N) is 1. The third-order valence-corrected chi connectivity index (χ3v) is 1.67. The van der Waals surface area contributed by atoms with Gasteiger partial charge in [-0.1, -0.05) is 6.07 Å². The van der Waals surface area contributed by atoms with Crippen molar-refractivity contribution in [1.82, 2.24) is 0 Å². The van der Waals surface area contributed by atoms with Crippen LogP contribution in [-0.4, -0.2) is 10.2 Å². The van der Waals surface area contributed by atoms with Crippen molar-refractivity contribution in [2.75, 3.05) is 0 Å². The molecule has 0 unspecified atom stereocenters. The van der Waals surface area contributed by atoms with Crippen LogP contribution in [0.3, 0.4) is 0 Å². The molecule has 1 heterocycles. The SMILES string of the molecule is O=[N+]([O-])[O-].Oc1cccc2ccc[nH+]c12. The van der Waals surface area contributed by atoms with Crippen LogP contribution >= 0.6 is 0 Å². The number of phenols is 1. The molecule has 2 N–H and O–H groups in total. The van der Waals surface area contributed by atoms with Crippen molar-refractivity contribution >= 4 is 10.9 Å². The zero-order chi connectivity index (χ0) is 11.3. The van der Waals surface area contributed by atoms with Gasteiger partial charge < -0.3 is 20.4 Å². The zero-order valence-corrected chi connectivity index (χ0v) is 7.58. The maximum absolute atomic E-state index is 9.34. The molecule has 1 aromatic heterocycles. The lowest BCUT2D eigenvalue weighted by Crippen LogP contribution is -2.00. The van der Waals surface area contributed by atoms with Gasteiger partial charge in [0.1, 0.15) is 0 Å². The highest BCUT2D eigenvalue weighted by Gasteiger charge is 2.02. The average Bonchev–Trinajstić information content (AvgIpc) is 2.18. The number of phenolic OH excluding ortho intramolecular Hbond substituents is 1. The lowest BCUT2D eigenvalue weighted by molar-refractivity contribution is -0.402. The molecule has 6 heteroatoms. The number of fused-ring (bicyclic) bond motifs is 1. The summed E-state index contributed by atoms with van der Waals surface area (Å²) in [5.41, 5.74) is 0.787. The Morgan fingerprint density at radius 3 is 2.40 bits per heavy atom. The molecule has 0 atom stereocenters. The van der Waals surface area contributed by atoms with E-state index >= 15 is 0 Å². The van der Waals surface area contributed by atoms with Crippen LogP contribution in [0.1, 0.15) is 0 Å². The summed E-state index contributed by atoms with van der Waals surface area (Å²) in [5.74, 6) is 0.295. The van der Waals surface area contributed by atoms with E-state index in [1.165, 1.54) is 0 Å². The van der Waals surface area contributed by atoms with Crippen LogP contribution in [-0.2, 0) is 0 Å². The summed E-state index contributed by atoms with van der Waals surface area (Å²) in [5, 5.41) is 25.1. The molecule has 0 aliphatic heterocycles. The first-order valence-electron chi connectivity index (χ1n) is 4.01. The molecule has 1 aromatic carbocycles. The van der Waals surface area contributed by atoms with Gasteiger partial charge in [-0.2, -0.15) is 0 Å². The Morgan fingerprint density at radius 1 is 1.20 bits per heavy atom. The molecule has 0 aliphatic rings. The number of benzene rings is 1. The number of rotatable bonds is 0. The Balaban J connectivity index is 0.000000245. The summed E-state index contributed by atoms with van der Waals surface area (Å²) in [7, 11) is 0. The highest BCUT2D eigenvalue weighted by Crippen LogP contribution is 2.18. The minimum Gasteiger partial charge on any atom is -0.502 e. The minimum atomic E-state index is -1.75. The van der Waals surface area contributed by atoms with Crippen molar-refractivity contribution in [3.8, 4) is 5.75 Å². The number of H-pyrrole nitrogens is 1. The van der Waals surface area contributed by atoms with E-state index in [9.17, 15) is 5.11 Å². The molecule has 6 nitrogen and oxygen atoms in total. The first-order chi connectivity index (χ1) is 7.11. The summed E-state index contributed by atoms with van der Waals surface area (Å²) in [6.07, 6.45) is 1.79. The van der Waals surface area contributed by atoms with E-state index in [0.717, 1.165) is 10.9 Å². The number of aromatic amines is 1. The van der Waals surface area contributed by atoms with Gasteiger partial charge in [0.15, 0.2) is 11.9 Å². The first kappa shape index (κ1) is 10.7. The molecule has 0 spiro atoms. The Labute approximate surface area is 84.5 Å². The van der Waals surface area contributed by atoms with E-state index in [-0.39, 0.29) is 0 Å². The first-order valence-corrected chi connectivity index (χ1v) is 4.01. The predicted molar refractivity (Wildman–Crippen MR) is 52.5 cm³/mol. The maximum atomic E-state index is 9.34. The maximum Gasteiger partial charge on any atom is 0.252 e. The molecule has 2 rings (SSSR count). The van der Waals surface area contributed by atoms with Crippen molar-refractivity contribution in [2.45, 2.75) is 0 Å². The van der Waals surface area contributed by atoms with E-state index in [4.69, 9.17) is 15.3 Å². The van der Waals surface area contributed by atoms with Gasteiger partial charge in [-0.15, -0.1) is 0 Å². The average molecular weight is 208 g/mol. The Morgan fingerprint density at radius 2 is 1.80 bits per heavy atom. The van der Waals surface area contributed by atoms with Gasteiger partial charge in [0.05, 0.1) is 10.5 Å². The molecule has 0 saturated heterocycles. The van der Waals surface area contributed by atoms with Gasteiger partial charge in [-0.3, -0.25) is 0 Å². The normalized spacial score (nSPS) is 9.07. The summed E-state index contributed by atoms with van der Waals surface area (Å²) in [6, 6.07) is 9.29. The third-order valence-electron chi connectivity index (χ3n) is 1.67. The summed E-state index contributed by atoms with van der Waals surface area (Å²) < 4.78 is 0. The molecule has 2 aromatic rings. The van der Waals surface area contributed by atoms with Crippen LogP contribution < -0.4 is 4.98 Å². The molecule has 0 radical (unpaired) electrons. The fourth-order valence-electron chi connectivity index (χ4n) is 1.14. The number of aromatic nitrogens is 1. The van der Waals surface area contributed by atoms with Gasteiger partial charge >= 0.3 is 0 Å². The largest absolute Gasteiger partial charge is 0.502 e. The molecular formula is C9H8N2O4. The molecule has 15 heavy (non-hydrogen) atoms. The number of para-hydroxylation sites is 1. The molecule has 0 bridgehead atoms. The highest BCUT2D eigenvalue weighted by molar-refractivity contribution is 5.80. The molecule has 0 saturated carbocycles. The van der Waals surface area contributed by atoms with Gasteiger partial charge in [0.2, 0.25) is 0 Å². The van der Waals surface area contributed by atoms with Gasteiger partial charge in [0, 0.05) is 6.07 Å². The van der Waals surface area contributed by atoms with Crippen LogP contribution in [0.4, 0.5) is 0 Å². The van der Waals surface area contributed by atoms with Crippen molar-refractivity contribution in [3.63, 3.8) is 0 Å². The lowest BCUT2D eigenvalue weighted by Gasteiger charge is -1.91. The molecule has 78 valence electrons. The summed E-state index contributed by atoms with van der Waals surface area (Å²) in [6.45, 7) is 0. The lowest BCUT2D eigenvalue weighted by atomic mass is 10.2. The van der Waals surface area contributed by atoms with Crippen molar-refractivity contribution in [2.24, 2.45) is 0 Å². The number of pyridine rings is 1. The molecule has 0 aliphatic carbocycles. The number of hydrogen-bond acceptors (Lipinski definition) is 4. The Bertz CT molecular complexity index is 463. The third kappa shape index (κ3) is 3.11. The van der Waals surface area contributed by atoms with Gasteiger partial charge in [-0.25, -0.2) is 4.98 Å². The quantitative estimate of drug-likeness (QED) is 0.517. The fourth-order valence-corrected chi connectivity index (χ4v) is 1.14. The molecule has 0 fully saturated rings. The van der Waals surface area contributed by atoms with Crippen molar-refractivity contribution in [1.29, 1.82) is 0 Å². The van der Waals surface area contributed by atoms with Gasteiger partial charge in [0.25, 0.3) is 5.52 Å². The zero-order valence-electron chi connectivity index (χ0n) is 7.58. The standard InChI is InChI=1S/C9H7NO.NO3/c11-8-5-1-3-7-4-2-6-10-9(7)8;2-1(3)4/h1-6,11H;/q;-1/p+1. The Kier molecular flexibility index (Phi) is 3.39.